The summed E-state index contributed by atoms with van der Waals surface area (Å²) >= 11 is 0. The van der Waals surface area contributed by atoms with Crippen molar-refractivity contribution in [1.82, 2.24) is 29.6 Å². The van der Waals surface area contributed by atoms with Crippen LogP contribution in [-0.4, -0.2) is 82.2 Å². The van der Waals surface area contributed by atoms with E-state index in [1.807, 2.05) is 36.7 Å². The van der Waals surface area contributed by atoms with Gasteiger partial charge >= 0.3 is 0 Å². The van der Waals surface area contributed by atoms with Crippen LogP contribution in [0.5, 0.6) is 0 Å². The lowest BCUT2D eigenvalue weighted by Gasteiger charge is -2.26. The van der Waals surface area contributed by atoms with Crippen molar-refractivity contribution >= 4 is 28.6 Å². The minimum absolute atomic E-state index is 0.581. The lowest BCUT2D eigenvalue weighted by Crippen LogP contribution is -2.39. The van der Waals surface area contributed by atoms with Crippen LogP contribution in [0.1, 0.15) is 25.2 Å². The van der Waals surface area contributed by atoms with Crippen molar-refractivity contribution in [2.24, 2.45) is 0 Å². The molecule has 178 valence electrons. The molecular formula is C23H34N8O2. The second-order valence-electron chi connectivity index (χ2n) is 7.98. The highest BCUT2D eigenvalue weighted by Crippen LogP contribution is 2.27. The van der Waals surface area contributed by atoms with Crippen molar-refractivity contribution < 1.29 is 9.47 Å². The van der Waals surface area contributed by atoms with E-state index in [2.05, 4.69) is 27.4 Å². The van der Waals surface area contributed by atoms with Gasteiger partial charge < -0.3 is 20.1 Å². The van der Waals surface area contributed by atoms with E-state index in [0.29, 0.717) is 31.5 Å². The normalized spacial score (nSPS) is 14.6. The van der Waals surface area contributed by atoms with E-state index in [1.165, 1.54) is 0 Å². The van der Waals surface area contributed by atoms with Crippen molar-refractivity contribution in [2.45, 2.75) is 33.7 Å². The van der Waals surface area contributed by atoms with Crippen LogP contribution in [0.4, 0.5) is 17.6 Å². The summed E-state index contributed by atoms with van der Waals surface area (Å²) in [5, 5.41) is 11.6. The second-order valence-corrected chi connectivity index (χ2v) is 7.98. The molecule has 3 aromatic rings. The molecule has 0 aromatic carbocycles. The highest BCUT2D eigenvalue weighted by atomic mass is 16.5. The first-order valence-corrected chi connectivity index (χ1v) is 11.8. The Bertz CT molecular complexity index is 1050. The van der Waals surface area contributed by atoms with Gasteiger partial charge in [0.2, 0.25) is 5.95 Å². The lowest BCUT2D eigenvalue weighted by molar-refractivity contribution is 0.0398. The Balaban J connectivity index is 1.63. The molecule has 0 spiro atoms. The molecular weight excluding hydrogens is 420 g/mol. The van der Waals surface area contributed by atoms with Gasteiger partial charge in [0.15, 0.2) is 5.82 Å². The summed E-state index contributed by atoms with van der Waals surface area (Å²) in [5.41, 5.74) is 3.61. The molecule has 10 nitrogen and oxygen atoms in total. The average molecular weight is 455 g/mol. The Labute approximate surface area is 194 Å². The summed E-state index contributed by atoms with van der Waals surface area (Å²) in [6, 6.07) is 5.89. The van der Waals surface area contributed by atoms with Gasteiger partial charge in [0, 0.05) is 38.5 Å². The molecule has 0 amide bonds. The van der Waals surface area contributed by atoms with Gasteiger partial charge in [0.05, 0.1) is 32.1 Å². The third kappa shape index (κ3) is 5.95. The number of aromatic nitrogens is 5. The summed E-state index contributed by atoms with van der Waals surface area (Å²) in [7, 11) is 0. The number of nitrogens with zero attached hydrogens (tertiary/aromatic N) is 6. The van der Waals surface area contributed by atoms with Crippen molar-refractivity contribution in [2.75, 3.05) is 63.2 Å². The fraction of sp³-hybridized carbons (Fsp3) is 0.565. The zero-order valence-corrected chi connectivity index (χ0v) is 19.8. The van der Waals surface area contributed by atoms with Gasteiger partial charge in [0.1, 0.15) is 16.9 Å². The highest BCUT2D eigenvalue weighted by molar-refractivity contribution is 5.90. The fourth-order valence-corrected chi connectivity index (χ4v) is 3.89. The van der Waals surface area contributed by atoms with E-state index in [-0.39, 0.29) is 0 Å². The smallest absolute Gasteiger partial charge is 0.225 e. The van der Waals surface area contributed by atoms with Gasteiger partial charge in [-0.15, -0.1) is 0 Å². The van der Waals surface area contributed by atoms with Crippen LogP contribution >= 0.6 is 0 Å². The number of anilines is 3. The first-order valence-electron chi connectivity index (χ1n) is 11.8. The maximum absolute atomic E-state index is 5.58. The van der Waals surface area contributed by atoms with Gasteiger partial charge in [-0.25, -0.2) is 9.97 Å². The monoisotopic (exact) mass is 454 g/mol. The summed E-state index contributed by atoms with van der Waals surface area (Å²) in [6.45, 7) is 13.1. The fourth-order valence-electron chi connectivity index (χ4n) is 3.89. The number of pyridine rings is 1. The zero-order chi connectivity index (χ0) is 23.0. The number of ether oxygens (including phenoxy) is 2. The molecule has 0 saturated carbocycles. The summed E-state index contributed by atoms with van der Waals surface area (Å²) in [6.07, 6.45) is 0.782. The topological polar surface area (TPSA) is 102 Å². The molecule has 0 atom stereocenters. The molecule has 1 saturated heterocycles. The number of hydrogen-bond acceptors (Lipinski definition) is 9. The molecule has 10 heteroatoms. The van der Waals surface area contributed by atoms with Crippen molar-refractivity contribution in [3.05, 3.63) is 29.6 Å². The van der Waals surface area contributed by atoms with Crippen molar-refractivity contribution in [1.29, 1.82) is 0 Å². The quantitative estimate of drug-likeness (QED) is 0.423. The number of morpholine rings is 1. The standard InChI is InChI=1S/C23H34N8O2/c1-4-18-20-21(31(29-18)13-16-32-5-2)22(26-19-8-6-7-17(3)25-19)28-23(27-20)24-9-10-30-11-14-33-15-12-30/h6-8H,4-5,9-16H2,1-3H3,(H2,24,25,26,27,28). The minimum Gasteiger partial charge on any atom is -0.380 e. The largest absolute Gasteiger partial charge is 0.380 e. The maximum atomic E-state index is 5.58. The molecule has 0 bridgehead atoms. The lowest BCUT2D eigenvalue weighted by atomic mass is 10.3. The van der Waals surface area contributed by atoms with E-state index >= 15 is 0 Å². The first-order chi connectivity index (χ1) is 16.2. The van der Waals surface area contributed by atoms with E-state index in [1.54, 1.807) is 0 Å². The van der Waals surface area contributed by atoms with Crippen molar-refractivity contribution in [3.63, 3.8) is 0 Å². The molecule has 4 rings (SSSR count). The van der Waals surface area contributed by atoms with E-state index in [0.717, 1.165) is 74.1 Å². The minimum atomic E-state index is 0.581. The Morgan fingerprint density at radius 3 is 2.70 bits per heavy atom. The number of nitrogens with one attached hydrogen (secondary N) is 2. The molecule has 0 radical (unpaired) electrons. The molecule has 1 aliphatic rings. The van der Waals surface area contributed by atoms with Gasteiger partial charge in [-0.1, -0.05) is 13.0 Å². The summed E-state index contributed by atoms with van der Waals surface area (Å²) in [4.78, 5) is 16.7. The second kappa shape index (κ2) is 11.4. The number of aryl methyl sites for hydroxylation is 2. The molecule has 1 fully saturated rings. The molecule has 0 unspecified atom stereocenters. The van der Waals surface area contributed by atoms with Crippen LogP contribution < -0.4 is 10.6 Å². The Morgan fingerprint density at radius 1 is 1.09 bits per heavy atom. The molecule has 4 heterocycles. The summed E-state index contributed by atoms with van der Waals surface area (Å²) < 4.78 is 13.0. The van der Waals surface area contributed by atoms with Crippen LogP contribution in [0.25, 0.3) is 11.0 Å². The van der Waals surface area contributed by atoms with Crippen LogP contribution in [0.2, 0.25) is 0 Å². The molecule has 0 aliphatic carbocycles. The molecule has 33 heavy (non-hydrogen) atoms. The van der Waals surface area contributed by atoms with E-state index < -0.39 is 0 Å². The molecule has 3 aromatic heterocycles. The number of rotatable bonds is 11. The SMILES string of the molecule is CCOCCn1nc(CC)c2nc(NCCN3CCOCC3)nc(Nc3cccc(C)n3)c21. The van der Waals surface area contributed by atoms with Crippen LogP contribution in [0.15, 0.2) is 18.2 Å². The summed E-state index contributed by atoms with van der Waals surface area (Å²) in [5.74, 6) is 2.02. The van der Waals surface area contributed by atoms with Crippen molar-refractivity contribution in [3.8, 4) is 0 Å². The van der Waals surface area contributed by atoms with Gasteiger partial charge in [-0.2, -0.15) is 10.1 Å². The predicted octanol–water partition coefficient (Wildman–Crippen LogP) is 2.62. The highest BCUT2D eigenvalue weighted by Gasteiger charge is 2.19. The maximum Gasteiger partial charge on any atom is 0.225 e. The van der Waals surface area contributed by atoms with Gasteiger partial charge in [-0.05, 0) is 32.4 Å². The number of fused-ring (bicyclic) bond motifs is 1. The van der Waals surface area contributed by atoms with Crippen LogP contribution in [0.3, 0.4) is 0 Å². The zero-order valence-electron chi connectivity index (χ0n) is 19.8. The first kappa shape index (κ1) is 23.3. The third-order valence-electron chi connectivity index (χ3n) is 5.59. The van der Waals surface area contributed by atoms with Crippen LogP contribution in [-0.2, 0) is 22.4 Å². The van der Waals surface area contributed by atoms with Gasteiger partial charge in [0.25, 0.3) is 0 Å². The Morgan fingerprint density at radius 2 is 1.94 bits per heavy atom. The molecule has 1 aliphatic heterocycles. The van der Waals surface area contributed by atoms with E-state index in [4.69, 9.17) is 24.5 Å². The predicted molar refractivity (Wildman–Crippen MR) is 129 cm³/mol. The Kier molecular flexibility index (Phi) is 8.03. The number of hydrogen-bond donors (Lipinski definition) is 2. The van der Waals surface area contributed by atoms with Gasteiger partial charge in [-0.3, -0.25) is 9.58 Å². The van der Waals surface area contributed by atoms with Crippen LogP contribution in [0, 0.1) is 6.92 Å². The molecule has 2 N–H and O–H groups in total. The average Bonchev–Trinajstić information content (AvgIpc) is 3.18. The third-order valence-corrected chi connectivity index (χ3v) is 5.59. The Hall–Kier alpha value is -2.82. The van der Waals surface area contributed by atoms with E-state index in [9.17, 15) is 0 Å².